The molecular weight excluding hydrogens is 265 g/mol. The minimum absolute atomic E-state index is 0.254. The molecule has 1 aliphatic carbocycles. The smallest absolute Gasteiger partial charge is 0.281 e. The van der Waals surface area contributed by atoms with Gasteiger partial charge in [0.2, 0.25) is 5.89 Å². The van der Waals surface area contributed by atoms with Crippen molar-refractivity contribution in [1.82, 2.24) is 15.5 Å². The summed E-state index contributed by atoms with van der Waals surface area (Å²) in [6, 6.07) is 5.85. The third-order valence-corrected chi connectivity index (χ3v) is 3.76. The Bertz CT molecular complexity index is 583. The molecule has 6 heteroatoms. The lowest BCUT2D eigenvalue weighted by Crippen LogP contribution is -2.15. The minimum atomic E-state index is -0.254. The number of nitrogens with zero attached hydrogens (tertiary/aromatic N) is 2. The van der Waals surface area contributed by atoms with Crippen LogP contribution in [-0.4, -0.2) is 16.2 Å². The van der Waals surface area contributed by atoms with E-state index in [0.29, 0.717) is 28.6 Å². The molecule has 1 aliphatic rings. The Hall–Kier alpha value is -1.40. The molecular formula is C13H14FN3OS. The van der Waals surface area contributed by atoms with Gasteiger partial charge in [-0.3, -0.25) is 0 Å². The van der Waals surface area contributed by atoms with Gasteiger partial charge in [-0.05, 0) is 42.3 Å². The van der Waals surface area contributed by atoms with E-state index in [-0.39, 0.29) is 5.82 Å². The van der Waals surface area contributed by atoms with Crippen LogP contribution in [0.25, 0.3) is 0 Å². The highest BCUT2D eigenvalue weighted by Gasteiger charge is 2.20. The molecule has 0 aliphatic heterocycles. The zero-order valence-electron chi connectivity index (χ0n) is 10.5. The van der Waals surface area contributed by atoms with Crippen LogP contribution >= 0.6 is 11.8 Å². The van der Waals surface area contributed by atoms with Crippen molar-refractivity contribution in [1.29, 1.82) is 0 Å². The molecule has 0 unspecified atom stereocenters. The summed E-state index contributed by atoms with van der Waals surface area (Å²) in [5.41, 5.74) is 0.954. The van der Waals surface area contributed by atoms with Gasteiger partial charge in [0.05, 0.1) is 4.90 Å². The monoisotopic (exact) mass is 279 g/mol. The number of hydrogen-bond donors (Lipinski definition) is 1. The summed E-state index contributed by atoms with van der Waals surface area (Å²) in [6.45, 7) is 2.42. The van der Waals surface area contributed by atoms with Gasteiger partial charge < -0.3 is 9.73 Å². The van der Waals surface area contributed by atoms with Crippen LogP contribution in [0.1, 0.15) is 24.3 Å². The number of halogens is 1. The van der Waals surface area contributed by atoms with E-state index in [1.165, 1.54) is 12.8 Å². The van der Waals surface area contributed by atoms with Crippen LogP contribution in [0.3, 0.4) is 0 Å². The first-order valence-electron chi connectivity index (χ1n) is 6.20. The summed E-state index contributed by atoms with van der Waals surface area (Å²) in [6.07, 6.45) is 2.46. The normalized spacial score (nSPS) is 14.8. The van der Waals surface area contributed by atoms with Crippen molar-refractivity contribution < 1.29 is 8.81 Å². The van der Waals surface area contributed by atoms with E-state index >= 15 is 0 Å². The molecule has 0 radical (unpaired) electrons. The van der Waals surface area contributed by atoms with E-state index in [0.717, 1.165) is 17.3 Å². The fraction of sp³-hybridized carbons (Fsp3) is 0.385. The second-order valence-corrected chi connectivity index (χ2v) is 5.60. The van der Waals surface area contributed by atoms with Gasteiger partial charge in [-0.2, -0.15) is 0 Å². The lowest BCUT2D eigenvalue weighted by Gasteiger charge is -2.05. The van der Waals surface area contributed by atoms with E-state index in [2.05, 4.69) is 15.5 Å². The molecule has 1 aromatic heterocycles. The molecule has 0 bridgehead atoms. The summed E-state index contributed by atoms with van der Waals surface area (Å²) >= 11 is 1.14. The Balaban J connectivity index is 1.67. The number of nitrogens with one attached hydrogen (secondary N) is 1. The molecule has 4 nitrogen and oxygen atoms in total. The zero-order chi connectivity index (χ0) is 13.2. The van der Waals surface area contributed by atoms with Crippen LogP contribution in [0.4, 0.5) is 4.39 Å². The number of aromatic nitrogens is 2. The van der Waals surface area contributed by atoms with Gasteiger partial charge in [-0.25, -0.2) is 4.39 Å². The number of hydrogen-bond acceptors (Lipinski definition) is 5. The number of aryl methyl sites for hydroxylation is 1. The SMILES string of the molecule is Cc1nnc(Sc2ccc(CNC3CC3)cc2F)o1. The van der Waals surface area contributed by atoms with E-state index in [4.69, 9.17) is 4.42 Å². The van der Waals surface area contributed by atoms with Gasteiger partial charge in [0.25, 0.3) is 5.22 Å². The lowest BCUT2D eigenvalue weighted by atomic mass is 10.2. The van der Waals surface area contributed by atoms with Crippen molar-refractivity contribution in [2.24, 2.45) is 0 Å². The molecule has 2 aromatic rings. The van der Waals surface area contributed by atoms with Crippen LogP contribution in [0, 0.1) is 12.7 Å². The van der Waals surface area contributed by atoms with Crippen LogP contribution in [0.2, 0.25) is 0 Å². The fourth-order valence-corrected chi connectivity index (χ4v) is 2.43. The first-order valence-corrected chi connectivity index (χ1v) is 7.02. The summed E-state index contributed by atoms with van der Waals surface area (Å²) in [4.78, 5) is 0.499. The van der Waals surface area contributed by atoms with Gasteiger partial charge in [0, 0.05) is 19.5 Å². The quantitative estimate of drug-likeness (QED) is 0.912. The first-order chi connectivity index (χ1) is 9.20. The van der Waals surface area contributed by atoms with Gasteiger partial charge in [-0.15, -0.1) is 10.2 Å². The average molecular weight is 279 g/mol. The van der Waals surface area contributed by atoms with Gasteiger partial charge in [0.1, 0.15) is 5.82 Å². The van der Waals surface area contributed by atoms with Gasteiger partial charge in [0.15, 0.2) is 0 Å². The molecule has 1 saturated carbocycles. The number of rotatable bonds is 5. The van der Waals surface area contributed by atoms with E-state index in [1.807, 2.05) is 6.07 Å². The van der Waals surface area contributed by atoms with Crippen LogP contribution in [0.15, 0.2) is 32.7 Å². The van der Waals surface area contributed by atoms with Crippen molar-refractivity contribution in [3.05, 3.63) is 35.5 Å². The lowest BCUT2D eigenvalue weighted by molar-refractivity contribution is 0.429. The van der Waals surface area contributed by atoms with Gasteiger partial charge in [-0.1, -0.05) is 6.07 Å². The molecule has 0 amide bonds. The molecule has 3 rings (SSSR count). The Morgan fingerprint density at radius 1 is 1.42 bits per heavy atom. The molecule has 100 valence electrons. The van der Waals surface area contributed by atoms with Crippen molar-refractivity contribution in [2.45, 2.75) is 42.5 Å². The van der Waals surface area contributed by atoms with Crippen molar-refractivity contribution in [3.8, 4) is 0 Å². The predicted octanol–water partition coefficient (Wildman–Crippen LogP) is 2.92. The molecule has 1 N–H and O–H groups in total. The molecule has 0 spiro atoms. The van der Waals surface area contributed by atoms with Crippen LogP contribution < -0.4 is 5.32 Å². The summed E-state index contributed by atoms with van der Waals surface area (Å²) in [7, 11) is 0. The van der Waals surface area contributed by atoms with Crippen LogP contribution in [-0.2, 0) is 6.54 Å². The maximum atomic E-state index is 13.9. The van der Waals surface area contributed by atoms with Crippen molar-refractivity contribution in [2.75, 3.05) is 0 Å². The third-order valence-electron chi connectivity index (χ3n) is 2.87. The first kappa shape index (κ1) is 12.6. The Labute approximate surface area is 114 Å². The molecule has 19 heavy (non-hydrogen) atoms. The topological polar surface area (TPSA) is 51.0 Å². The summed E-state index contributed by atoms with van der Waals surface area (Å²) in [5, 5.41) is 11.3. The molecule has 1 fully saturated rings. The largest absolute Gasteiger partial charge is 0.416 e. The van der Waals surface area contributed by atoms with Crippen LogP contribution in [0.5, 0.6) is 0 Å². The Morgan fingerprint density at radius 2 is 2.26 bits per heavy atom. The maximum absolute atomic E-state index is 13.9. The highest BCUT2D eigenvalue weighted by atomic mass is 32.2. The molecule has 1 heterocycles. The summed E-state index contributed by atoms with van der Waals surface area (Å²) < 4.78 is 19.2. The summed E-state index contributed by atoms with van der Waals surface area (Å²) in [5.74, 6) is 0.226. The molecule has 0 saturated heterocycles. The van der Waals surface area contributed by atoms with E-state index < -0.39 is 0 Å². The standard InChI is InChI=1S/C13H14FN3OS/c1-8-16-17-13(18-8)19-12-5-2-9(6-11(12)14)7-15-10-3-4-10/h2,5-6,10,15H,3-4,7H2,1H3. The highest BCUT2D eigenvalue weighted by molar-refractivity contribution is 7.99. The minimum Gasteiger partial charge on any atom is -0.416 e. The second kappa shape index (κ2) is 5.30. The predicted molar refractivity (Wildman–Crippen MR) is 69.4 cm³/mol. The highest BCUT2D eigenvalue weighted by Crippen LogP contribution is 2.29. The van der Waals surface area contributed by atoms with Gasteiger partial charge >= 0.3 is 0 Å². The van der Waals surface area contributed by atoms with Crippen molar-refractivity contribution in [3.63, 3.8) is 0 Å². The van der Waals surface area contributed by atoms with Crippen molar-refractivity contribution >= 4 is 11.8 Å². The van der Waals surface area contributed by atoms with E-state index in [1.54, 1.807) is 19.1 Å². The molecule has 0 atom stereocenters. The van der Waals surface area contributed by atoms with E-state index in [9.17, 15) is 4.39 Å². The number of benzene rings is 1. The fourth-order valence-electron chi connectivity index (χ4n) is 1.70. The Kier molecular flexibility index (Phi) is 3.52. The Morgan fingerprint density at radius 3 is 2.89 bits per heavy atom. The zero-order valence-corrected chi connectivity index (χ0v) is 11.3. The third kappa shape index (κ3) is 3.33. The molecule has 1 aromatic carbocycles. The maximum Gasteiger partial charge on any atom is 0.281 e. The average Bonchev–Trinajstić information content (AvgIpc) is 3.13. The second-order valence-electron chi connectivity index (χ2n) is 4.61.